The molecule has 1 aromatic heterocycles. The molecule has 3 aromatic rings. The molecular weight excluding hydrogens is 267 g/mol. The van der Waals surface area contributed by atoms with Gasteiger partial charge in [0.1, 0.15) is 5.82 Å². The highest BCUT2D eigenvalue weighted by Gasteiger charge is 2.05. The number of hydrogen-bond acceptors (Lipinski definition) is 2. The minimum atomic E-state index is -0.436. The van der Waals surface area contributed by atoms with Gasteiger partial charge in [0.2, 0.25) is 0 Å². The SMILES string of the molecule is N#Cc1cc(F)cc(Cn2ccc(=O)c3ccccc32)c1. The summed E-state index contributed by atoms with van der Waals surface area (Å²) in [5, 5.41) is 9.52. The maximum Gasteiger partial charge on any atom is 0.189 e. The number of benzene rings is 2. The molecule has 1 heterocycles. The first-order valence-corrected chi connectivity index (χ1v) is 6.45. The second-order valence-corrected chi connectivity index (χ2v) is 4.78. The zero-order valence-electron chi connectivity index (χ0n) is 11.1. The van der Waals surface area contributed by atoms with Gasteiger partial charge in [-0.1, -0.05) is 12.1 Å². The van der Waals surface area contributed by atoms with Crippen LogP contribution < -0.4 is 5.43 Å². The molecule has 0 aliphatic heterocycles. The number of nitrogens with zero attached hydrogens (tertiary/aromatic N) is 2. The first-order valence-electron chi connectivity index (χ1n) is 6.45. The fraction of sp³-hybridized carbons (Fsp3) is 0.0588. The number of para-hydroxylation sites is 1. The molecule has 21 heavy (non-hydrogen) atoms. The Morgan fingerprint density at radius 1 is 1.14 bits per heavy atom. The van der Waals surface area contributed by atoms with Crippen molar-refractivity contribution in [1.82, 2.24) is 4.57 Å². The van der Waals surface area contributed by atoms with Crippen molar-refractivity contribution in [2.75, 3.05) is 0 Å². The van der Waals surface area contributed by atoms with Gasteiger partial charge < -0.3 is 4.57 Å². The van der Waals surface area contributed by atoms with Crippen molar-refractivity contribution in [3.05, 3.63) is 81.9 Å². The van der Waals surface area contributed by atoms with Gasteiger partial charge in [-0.3, -0.25) is 4.79 Å². The molecular formula is C17H11FN2O. The Hall–Kier alpha value is -2.93. The third-order valence-corrected chi connectivity index (χ3v) is 3.32. The average molecular weight is 278 g/mol. The van der Waals surface area contributed by atoms with Crippen molar-refractivity contribution in [3.63, 3.8) is 0 Å². The molecule has 0 N–H and O–H groups in total. The van der Waals surface area contributed by atoms with E-state index in [-0.39, 0.29) is 11.0 Å². The standard InChI is InChI=1S/C17H11FN2O/c18-14-8-12(10-19)7-13(9-14)11-20-6-5-17(21)15-3-1-2-4-16(15)20/h1-9H,11H2. The fourth-order valence-corrected chi connectivity index (χ4v) is 2.40. The number of aromatic nitrogens is 1. The first-order chi connectivity index (χ1) is 10.2. The first kappa shape index (κ1) is 13.1. The quantitative estimate of drug-likeness (QED) is 0.723. The van der Waals surface area contributed by atoms with E-state index in [0.29, 0.717) is 17.5 Å². The molecule has 102 valence electrons. The lowest BCUT2D eigenvalue weighted by Gasteiger charge is -2.11. The van der Waals surface area contributed by atoms with Crippen molar-refractivity contribution in [3.8, 4) is 6.07 Å². The Labute approximate surface area is 120 Å². The summed E-state index contributed by atoms with van der Waals surface area (Å²) in [7, 11) is 0. The molecule has 0 fully saturated rings. The van der Waals surface area contributed by atoms with Crippen molar-refractivity contribution in [2.24, 2.45) is 0 Å². The molecule has 0 bridgehead atoms. The maximum absolute atomic E-state index is 13.5. The summed E-state index contributed by atoms with van der Waals surface area (Å²) in [4.78, 5) is 11.8. The summed E-state index contributed by atoms with van der Waals surface area (Å²) in [6.07, 6.45) is 1.68. The zero-order valence-corrected chi connectivity index (χ0v) is 11.1. The predicted octanol–water partition coefficient (Wildman–Crippen LogP) is 3.06. The normalized spacial score (nSPS) is 10.5. The number of fused-ring (bicyclic) bond motifs is 1. The summed E-state index contributed by atoms with van der Waals surface area (Å²) in [5.74, 6) is -0.436. The van der Waals surface area contributed by atoms with Crippen LogP contribution in [0.1, 0.15) is 11.1 Å². The Balaban J connectivity index is 2.11. The predicted molar refractivity (Wildman–Crippen MR) is 78.4 cm³/mol. The van der Waals surface area contributed by atoms with E-state index >= 15 is 0 Å². The van der Waals surface area contributed by atoms with Crippen LogP contribution in [-0.2, 0) is 6.54 Å². The Bertz CT molecular complexity index is 922. The van der Waals surface area contributed by atoms with Crippen molar-refractivity contribution < 1.29 is 4.39 Å². The van der Waals surface area contributed by atoms with Crippen LogP contribution in [0.5, 0.6) is 0 Å². The molecule has 0 saturated heterocycles. The van der Waals surface area contributed by atoms with Crippen molar-refractivity contribution in [1.29, 1.82) is 5.26 Å². The minimum absolute atomic E-state index is 0.0428. The van der Waals surface area contributed by atoms with E-state index in [1.807, 2.05) is 28.8 Å². The molecule has 0 saturated carbocycles. The second-order valence-electron chi connectivity index (χ2n) is 4.78. The van der Waals surface area contributed by atoms with E-state index in [9.17, 15) is 9.18 Å². The van der Waals surface area contributed by atoms with E-state index in [2.05, 4.69) is 0 Å². The smallest absolute Gasteiger partial charge is 0.189 e. The Morgan fingerprint density at radius 2 is 1.95 bits per heavy atom. The maximum atomic E-state index is 13.5. The van der Waals surface area contributed by atoms with E-state index in [0.717, 1.165) is 5.52 Å². The van der Waals surface area contributed by atoms with Crippen LogP contribution in [-0.4, -0.2) is 4.57 Å². The lowest BCUT2D eigenvalue weighted by molar-refractivity contribution is 0.623. The van der Waals surface area contributed by atoms with Crippen LogP contribution >= 0.6 is 0 Å². The summed E-state index contributed by atoms with van der Waals surface area (Å²) in [6.45, 7) is 0.396. The molecule has 0 unspecified atom stereocenters. The highest BCUT2D eigenvalue weighted by molar-refractivity contribution is 5.78. The van der Waals surface area contributed by atoms with Crippen LogP contribution in [0.4, 0.5) is 4.39 Å². The molecule has 4 heteroatoms. The van der Waals surface area contributed by atoms with Gasteiger partial charge in [-0.25, -0.2) is 4.39 Å². The van der Waals surface area contributed by atoms with Crippen molar-refractivity contribution in [2.45, 2.75) is 6.54 Å². The van der Waals surface area contributed by atoms with Gasteiger partial charge in [-0.15, -0.1) is 0 Å². The summed E-state index contributed by atoms with van der Waals surface area (Å²) < 4.78 is 15.4. The molecule has 0 aliphatic carbocycles. The lowest BCUT2D eigenvalue weighted by Crippen LogP contribution is -2.09. The molecule has 0 atom stereocenters. The van der Waals surface area contributed by atoms with Crippen LogP contribution in [0.2, 0.25) is 0 Å². The number of rotatable bonds is 2. The van der Waals surface area contributed by atoms with E-state index in [1.54, 1.807) is 18.3 Å². The second kappa shape index (κ2) is 5.22. The Kier molecular flexibility index (Phi) is 3.25. The topological polar surface area (TPSA) is 45.8 Å². The molecule has 3 nitrogen and oxygen atoms in total. The van der Waals surface area contributed by atoms with Crippen LogP contribution in [0.15, 0.2) is 59.5 Å². The van der Waals surface area contributed by atoms with Gasteiger partial charge in [0.25, 0.3) is 0 Å². The highest BCUT2D eigenvalue weighted by Crippen LogP contribution is 2.14. The van der Waals surface area contributed by atoms with Gasteiger partial charge in [-0.05, 0) is 35.9 Å². The summed E-state index contributed by atoms with van der Waals surface area (Å²) in [5.41, 5.74) is 1.71. The van der Waals surface area contributed by atoms with Gasteiger partial charge in [0.05, 0.1) is 17.1 Å². The molecule has 3 rings (SSSR count). The third-order valence-electron chi connectivity index (χ3n) is 3.32. The van der Waals surface area contributed by atoms with Gasteiger partial charge in [-0.2, -0.15) is 5.26 Å². The third kappa shape index (κ3) is 2.54. The fourth-order valence-electron chi connectivity index (χ4n) is 2.40. The monoisotopic (exact) mass is 278 g/mol. The van der Waals surface area contributed by atoms with Gasteiger partial charge in [0.15, 0.2) is 5.43 Å². The largest absolute Gasteiger partial charge is 0.343 e. The van der Waals surface area contributed by atoms with Crippen molar-refractivity contribution >= 4 is 10.9 Å². The highest BCUT2D eigenvalue weighted by atomic mass is 19.1. The number of pyridine rings is 1. The molecule has 0 aliphatic rings. The van der Waals surface area contributed by atoms with E-state index < -0.39 is 5.82 Å². The van der Waals surface area contributed by atoms with Gasteiger partial charge in [0, 0.05) is 24.2 Å². The van der Waals surface area contributed by atoms with Crippen LogP contribution in [0.25, 0.3) is 10.9 Å². The number of hydrogen-bond donors (Lipinski definition) is 0. The Morgan fingerprint density at radius 3 is 2.76 bits per heavy atom. The summed E-state index contributed by atoms with van der Waals surface area (Å²) in [6, 6.07) is 15.0. The lowest BCUT2D eigenvalue weighted by atomic mass is 10.1. The van der Waals surface area contributed by atoms with Gasteiger partial charge >= 0.3 is 0 Å². The molecule has 2 aromatic carbocycles. The minimum Gasteiger partial charge on any atom is -0.343 e. The molecule has 0 radical (unpaired) electrons. The van der Waals surface area contributed by atoms with E-state index in [1.165, 1.54) is 18.2 Å². The van der Waals surface area contributed by atoms with Crippen LogP contribution in [0, 0.1) is 17.1 Å². The number of halogens is 1. The van der Waals surface area contributed by atoms with E-state index in [4.69, 9.17) is 5.26 Å². The summed E-state index contributed by atoms with van der Waals surface area (Å²) >= 11 is 0. The molecule has 0 amide bonds. The average Bonchev–Trinajstić information content (AvgIpc) is 2.50. The zero-order chi connectivity index (χ0) is 14.8. The van der Waals surface area contributed by atoms with Crippen LogP contribution in [0.3, 0.4) is 0 Å². The molecule has 0 spiro atoms. The number of nitriles is 1.